The molecule has 2 nitrogen and oxygen atoms in total. The lowest BCUT2D eigenvalue weighted by atomic mass is 10.0. The van der Waals surface area contributed by atoms with E-state index in [4.69, 9.17) is 4.74 Å². The second-order valence-corrected chi connectivity index (χ2v) is 5.14. The number of benzene rings is 1. The van der Waals surface area contributed by atoms with Gasteiger partial charge in [-0.05, 0) is 30.5 Å². The van der Waals surface area contributed by atoms with E-state index in [1.165, 1.54) is 56.6 Å². The van der Waals surface area contributed by atoms with Crippen molar-refractivity contribution in [1.82, 2.24) is 0 Å². The van der Waals surface area contributed by atoms with Gasteiger partial charge in [0.2, 0.25) is 0 Å². The molecule has 0 aliphatic rings. The summed E-state index contributed by atoms with van der Waals surface area (Å²) >= 11 is 0. The predicted octanol–water partition coefficient (Wildman–Crippen LogP) is 5.07. The van der Waals surface area contributed by atoms with Crippen molar-refractivity contribution in [2.75, 3.05) is 0 Å². The summed E-state index contributed by atoms with van der Waals surface area (Å²) in [5.74, 6) is 0.169. The Kier molecular flexibility index (Phi) is 8.44. The number of ether oxygens (including phenoxy) is 1. The fraction of sp³-hybridized carbons (Fsp3) is 0.500. The highest BCUT2D eigenvalue weighted by Gasteiger charge is 2.00. The lowest BCUT2D eigenvalue weighted by Crippen LogP contribution is -2.02. The SMILES string of the molecule is C=CC(=O)Oc1ccc(CCCCCCCCC)cc1. The Balaban J connectivity index is 2.18. The Morgan fingerprint density at radius 1 is 1.05 bits per heavy atom. The molecule has 0 aromatic heterocycles. The molecule has 0 radical (unpaired) electrons. The first-order valence-corrected chi connectivity index (χ1v) is 7.69. The molecule has 0 N–H and O–H groups in total. The van der Waals surface area contributed by atoms with Gasteiger partial charge in [0.05, 0.1) is 0 Å². The molecule has 0 atom stereocenters. The topological polar surface area (TPSA) is 26.3 Å². The lowest BCUT2D eigenvalue weighted by molar-refractivity contribution is -0.128. The predicted molar refractivity (Wildman–Crippen MR) is 84.0 cm³/mol. The van der Waals surface area contributed by atoms with Gasteiger partial charge in [0, 0.05) is 6.08 Å². The van der Waals surface area contributed by atoms with Crippen LogP contribution in [0, 0.1) is 0 Å². The maximum absolute atomic E-state index is 11.0. The highest BCUT2D eigenvalue weighted by atomic mass is 16.5. The standard InChI is InChI=1S/C18H26O2/c1-3-5-6-7-8-9-10-11-16-12-14-17(15-13-16)20-18(19)4-2/h4,12-15H,2-3,5-11H2,1H3. The molecular formula is C18H26O2. The average molecular weight is 274 g/mol. The highest BCUT2D eigenvalue weighted by molar-refractivity contribution is 5.83. The number of hydrogen-bond donors (Lipinski definition) is 0. The number of hydrogen-bond acceptors (Lipinski definition) is 2. The van der Waals surface area contributed by atoms with Gasteiger partial charge in [-0.15, -0.1) is 0 Å². The number of aryl methyl sites for hydroxylation is 1. The Hall–Kier alpha value is -1.57. The lowest BCUT2D eigenvalue weighted by Gasteiger charge is -2.04. The van der Waals surface area contributed by atoms with E-state index in [9.17, 15) is 4.79 Å². The van der Waals surface area contributed by atoms with E-state index < -0.39 is 5.97 Å². The van der Waals surface area contributed by atoms with E-state index in [1.54, 1.807) is 0 Å². The van der Waals surface area contributed by atoms with E-state index >= 15 is 0 Å². The number of carbonyl (C=O) groups is 1. The minimum absolute atomic E-state index is 0.412. The summed E-state index contributed by atoms with van der Waals surface area (Å²) < 4.78 is 5.04. The van der Waals surface area contributed by atoms with E-state index in [-0.39, 0.29) is 0 Å². The van der Waals surface area contributed by atoms with Gasteiger partial charge < -0.3 is 4.74 Å². The molecule has 1 aromatic rings. The second-order valence-electron chi connectivity index (χ2n) is 5.14. The summed E-state index contributed by atoms with van der Waals surface area (Å²) in [4.78, 5) is 11.0. The van der Waals surface area contributed by atoms with Crippen LogP contribution in [0.15, 0.2) is 36.9 Å². The van der Waals surface area contributed by atoms with Crippen molar-refractivity contribution in [2.45, 2.75) is 58.3 Å². The zero-order valence-electron chi connectivity index (χ0n) is 12.6. The summed E-state index contributed by atoms with van der Waals surface area (Å²) in [6.07, 6.45) is 11.6. The fourth-order valence-electron chi connectivity index (χ4n) is 2.17. The van der Waals surface area contributed by atoms with Gasteiger partial charge >= 0.3 is 5.97 Å². The van der Waals surface area contributed by atoms with Crippen molar-refractivity contribution in [3.8, 4) is 5.75 Å². The third-order valence-corrected chi connectivity index (χ3v) is 3.38. The molecule has 110 valence electrons. The van der Waals surface area contributed by atoms with Crippen molar-refractivity contribution in [2.24, 2.45) is 0 Å². The summed E-state index contributed by atoms with van der Waals surface area (Å²) in [6.45, 7) is 5.62. The van der Waals surface area contributed by atoms with Gasteiger partial charge in [0.15, 0.2) is 0 Å². The molecule has 20 heavy (non-hydrogen) atoms. The Morgan fingerprint density at radius 2 is 1.65 bits per heavy atom. The zero-order valence-corrected chi connectivity index (χ0v) is 12.6. The molecule has 0 aliphatic carbocycles. The van der Waals surface area contributed by atoms with Crippen molar-refractivity contribution in [3.05, 3.63) is 42.5 Å². The smallest absolute Gasteiger partial charge is 0.335 e. The van der Waals surface area contributed by atoms with E-state index in [2.05, 4.69) is 13.5 Å². The minimum Gasteiger partial charge on any atom is -0.423 e. The largest absolute Gasteiger partial charge is 0.423 e. The van der Waals surface area contributed by atoms with Crippen LogP contribution in [0.25, 0.3) is 0 Å². The third kappa shape index (κ3) is 7.13. The summed E-state index contributed by atoms with van der Waals surface area (Å²) in [7, 11) is 0. The summed E-state index contributed by atoms with van der Waals surface area (Å²) in [5.41, 5.74) is 1.30. The Bertz CT molecular complexity index is 392. The Morgan fingerprint density at radius 3 is 2.25 bits per heavy atom. The number of carbonyl (C=O) groups excluding carboxylic acids is 1. The van der Waals surface area contributed by atoms with Gasteiger partial charge in [-0.25, -0.2) is 4.79 Å². The molecule has 0 fully saturated rings. The molecule has 1 aromatic carbocycles. The molecule has 0 bridgehead atoms. The first kappa shape index (κ1) is 16.5. The number of rotatable bonds is 10. The van der Waals surface area contributed by atoms with Crippen LogP contribution in [0.3, 0.4) is 0 Å². The number of esters is 1. The van der Waals surface area contributed by atoms with Crippen LogP contribution in [0.2, 0.25) is 0 Å². The van der Waals surface area contributed by atoms with Crippen molar-refractivity contribution in [1.29, 1.82) is 0 Å². The molecule has 0 unspecified atom stereocenters. The summed E-state index contributed by atoms with van der Waals surface area (Å²) in [5, 5.41) is 0. The maximum Gasteiger partial charge on any atom is 0.335 e. The van der Waals surface area contributed by atoms with Crippen LogP contribution in [-0.2, 0) is 11.2 Å². The normalized spacial score (nSPS) is 10.2. The van der Waals surface area contributed by atoms with Crippen LogP contribution in [0.1, 0.15) is 57.4 Å². The molecular weight excluding hydrogens is 248 g/mol. The van der Waals surface area contributed by atoms with Crippen molar-refractivity contribution >= 4 is 5.97 Å². The molecule has 1 rings (SSSR count). The third-order valence-electron chi connectivity index (χ3n) is 3.38. The maximum atomic E-state index is 11.0. The first-order chi connectivity index (χ1) is 9.76. The van der Waals surface area contributed by atoms with Gasteiger partial charge in [-0.1, -0.05) is 64.2 Å². The minimum atomic E-state index is -0.412. The molecule has 0 aliphatic heterocycles. The molecule has 2 heteroatoms. The van der Waals surface area contributed by atoms with Crippen molar-refractivity contribution < 1.29 is 9.53 Å². The highest BCUT2D eigenvalue weighted by Crippen LogP contribution is 2.15. The van der Waals surface area contributed by atoms with Crippen molar-refractivity contribution in [3.63, 3.8) is 0 Å². The second kappa shape index (κ2) is 10.2. The number of unbranched alkanes of at least 4 members (excludes halogenated alkanes) is 6. The van der Waals surface area contributed by atoms with E-state index in [0.717, 1.165) is 6.42 Å². The van der Waals surface area contributed by atoms with Crippen LogP contribution < -0.4 is 4.74 Å². The first-order valence-electron chi connectivity index (χ1n) is 7.69. The molecule has 0 amide bonds. The zero-order chi connectivity index (χ0) is 14.6. The van der Waals surface area contributed by atoms with Gasteiger partial charge in [0.1, 0.15) is 5.75 Å². The average Bonchev–Trinajstić information content (AvgIpc) is 2.48. The summed E-state index contributed by atoms with van der Waals surface area (Å²) in [6, 6.07) is 7.75. The van der Waals surface area contributed by atoms with Crippen LogP contribution >= 0.6 is 0 Å². The monoisotopic (exact) mass is 274 g/mol. The van der Waals surface area contributed by atoms with Gasteiger partial charge in [-0.2, -0.15) is 0 Å². The Labute approximate surface area is 122 Å². The van der Waals surface area contributed by atoms with E-state index in [1.807, 2.05) is 24.3 Å². The van der Waals surface area contributed by atoms with Crippen LogP contribution in [0.4, 0.5) is 0 Å². The van der Waals surface area contributed by atoms with E-state index in [0.29, 0.717) is 5.75 Å². The van der Waals surface area contributed by atoms with Crippen LogP contribution in [0.5, 0.6) is 5.75 Å². The molecule has 0 heterocycles. The van der Waals surface area contributed by atoms with Gasteiger partial charge in [-0.3, -0.25) is 0 Å². The molecule has 0 spiro atoms. The molecule has 0 saturated carbocycles. The van der Waals surface area contributed by atoms with Crippen LogP contribution in [-0.4, -0.2) is 5.97 Å². The quantitative estimate of drug-likeness (QED) is 0.258. The molecule has 0 saturated heterocycles. The van der Waals surface area contributed by atoms with Gasteiger partial charge in [0.25, 0.3) is 0 Å². The fourth-order valence-corrected chi connectivity index (χ4v) is 2.17.